The minimum atomic E-state index is -0.348. The zero-order chi connectivity index (χ0) is 18.9. The Morgan fingerprint density at radius 1 is 1.15 bits per heavy atom. The molecule has 0 saturated carbocycles. The Kier molecular flexibility index (Phi) is 7.05. The molecule has 0 heterocycles. The lowest BCUT2D eigenvalue weighted by molar-refractivity contribution is -0.115. The number of nitrogens with one attached hydrogen (secondary N) is 2. The molecule has 0 radical (unpaired) electrons. The third-order valence-corrected chi connectivity index (χ3v) is 3.59. The summed E-state index contributed by atoms with van der Waals surface area (Å²) < 4.78 is 5.37. The van der Waals surface area contributed by atoms with Crippen molar-refractivity contribution in [1.82, 2.24) is 5.32 Å². The number of carbonyl (C=O) groups excluding carboxylic acids is 2. The molecular weight excluding hydrogens is 348 g/mol. The Balaban J connectivity index is 1.89. The standard InChI is InChI=1S/C20H20N2O3S/c1-3-25-18-10-7-15(8-11-18)9-12-19(24)22-20(26)21-17-6-4-5-16(13-17)14(2)23/h4-13H,3H2,1-2H3,(H2,21,22,24,26)/b12-9+. The average Bonchev–Trinajstić information content (AvgIpc) is 2.61. The predicted octanol–water partition coefficient (Wildman–Crippen LogP) is 3.81. The van der Waals surface area contributed by atoms with Crippen LogP contribution < -0.4 is 15.4 Å². The van der Waals surface area contributed by atoms with E-state index in [2.05, 4.69) is 10.6 Å². The molecule has 2 N–H and O–H groups in total. The van der Waals surface area contributed by atoms with E-state index in [1.165, 1.54) is 13.0 Å². The largest absolute Gasteiger partial charge is 0.494 e. The first-order valence-corrected chi connectivity index (χ1v) is 8.52. The van der Waals surface area contributed by atoms with Gasteiger partial charge in [0, 0.05) is 17.3 Å². The molecule has 0 aliphatic rings. The van der Waals surface area contributed by atoms with Crippen LogP contribution in [0.25, 0.3) is 6.08 Å². The van der Waals surface area contributed by atoms with Gasteiger partial charge in [-0.05, 0) is 62.0 Å². The second-order valence-electron chi connectivity index (χ2n) is 5.42. The molecule has 0 fully saturated rings. The van der Waals surface area contributed by atoms with Gasteiger partial charge < -0.3 is 10.1 Å². The predicted molar refractivity (Wildman–Crippen MR) is 107 cm³/mol. The summed E-state index contributed by atoms with van der Waals surface area (Å²) in [5.74, 6) is 0.397. The van der Waals surface area contributed by atoms with Crippen molar-refractivity contribution in [2.24, 2.45) is 0 Å². The van der Waals surface area contributed by atoms with Gasteiger partial charge in [-0.1, -0.05) is 24.3 Å². The van der Waals surface area contributed by atoms with Gasteiger partial charge in [0.1, 0.15) is 5.75 Å². The van der Waals surface area contributed by atoms with Crippen LogP contribution in [-0.2, 0) is 4.79 Å². The molecule has 0 spiro atoms. The highest BCUT2D eigenvalue weighted by Crippen LogP contribution is 2.13. The third-order valence-electron chi connectivity index (χ3n) is 3.38. The van der Waals surface area contributed by atoms with Crippen molar-refractivity contribution in [2.45, 2.75) is 13.8 Å². The van der Waals surface area contributed by atoms with Crippen LogP contribution in [0.15, 0.2) is 54.6 Å². The number of carbonyl (C=O) groups is 2. The number of benzene rings is 2. The molecule has 2 aromatic carbocycles. The molecular formula is C20H20N2O3S. The molecule has 0 aromatic heterocycles. The average molecular weight is 368 g/mol. The van der Waals surface area contributed by atoms with Crippen LogP contribution in [0.3, 0.4) is 0 Å². The minimum Gasteiger partial charge on any atom is -0.494 e. The van der Waals surface area contributed by atoms with E-state index in [0.717, 1.165) is 11.3 Å². The van der Waals surface area contributed by atoms with Gasteiger partial charge in [0.25, 0.3) is 0 Å². The number of rotatable bonds is 6. The quantitative estimate of drug-likeness (QED) is 0.461. The number of ether oxygens (including phenoxy) is 1. The monoisotopic (exact) mass is 368 g/mol. The summed E-state index contributed by atoms with van der Waals surface area (Å²) in [6.07, 6.45) is 3.08. The van der Waals surface area contributed by atoms with Gasteiger partial charge in [0.2, 0.25) is 5.91 Å². The molecule has 0 unspecified atom stereocenters. The summed E-state index contributed by atoms with van der Waals surface area (Å²) in [6, 6.07) is 14.3. The molecule has 5 nitrogen and oxygen atoms in total. The van der Waals surface area contributed by atoms with E-state index in [9.17, 15) is 9.59 Å². The van der Waals surface area contributed by atoms with Crippen LogP contribution in [0, 0.1) is 0 Å². The van der Waals surface area contributed by atoms with Gasteiger partial charge in [-0.2, -0.15) is 0 Å². The van der Waals surface area contributed by atoms with Crippen molar-refractivity contribution in [2.75, 3.05) is 11.9 Å². The van der Waals surface area contributed by atoms with E-state index in [4.69, 9.17) is 17.0 Å². The summed E-state index contributed by atoms with van der Waals surface area (Å²) in [5.41, 5.74) is 2.08. The number of ketones is 1. The van der Waals surface area contributed by atoms with Gasteiger partial charge >= 0.3 is 0 Å². The van der Waals surface area contributed by atoms with E-state index in [0.29, 0.717) is 17.9 Å². The third kappa shape index (κ3) is 6.14. The molecule has 0 bridgehead atoms. The number of amides is 1. The van der Waals surface area contributed by atoms with Crippen molar-refractivity contribution >= 4 is 40.8 Å². The molecule has 0 saturated heterocycles. The smallest absolute Gasteiger partial charge is 0.250 e. The van der Waals surface area contributed by atoms with E-state index < -0.39 is 0 Å². The summed E-state index contributed by atoms with van der Waals surface area (Å²) >= 11 is 5.12. The van der Waals surface area contributed by atoms with E-state index in [1.807, 2.05) is 31.2 Å². The summed E-state index contributed by atoms with van der Waals surface area (Å²) in [4.78, 5) is 23.3. The number of hydrogen-bond acceptors (Lipinski definition) is 4. The Morgan fingerprint density at radius 2 is 1.88 bits per heavy atom. The molecule has 2 aromatic rings. The SMILES string of the molecule is CCOc1ccc(/C=C/C(=O)NC(=S)Nc2cccc(C(C)=O)c2)cc1. The molecule has 0 aliphatic heterocycles. The summed E-state index contributed by atoms with van der Waals surface area (Å²) in [6.45, 7) is 4.02. The maximum atomic E-state index is 12.0. The van der Waals surface area contributed by atoms with E-state index in [1.54, 1.807) is 30.3 Å². The van der Waals surface area contributed by atoms with Crippen LogP contribution in [-0.4, -0.2) is 23.4 Å². The molecule has 134 valence electrons. The molecule has 26 heavy (non-hydrogen) atoms. The molecule has 1 amide bonds. The first-order valence-electron chi connectivity index (χ1n) is 8.12. The lowest BCUT2D eigenvalue weighted by atomic mass is 10.1. The molecule has 2 rings (SSSR count). The fraction of sp³-hybridized carbons (Fsp3) is 0.150. The fourth-order valence-corrected chi connectivity index (χ4v) is 2.36. The highest BCUT2D eigenvalue weighted by atomic mass is 32.1. The Labute approximate surface area is 158 Å². The minimum absolute atomic E-state index is 0.0399. The Bertz CT molecular complexity index is 829. The van der Waals surface area contributed by atoms with Gasteiger partial charge in [-0.25, -0.2) is 0 Å². The lowest BCUT2D eigenvalue weighted by Gasteiger charge is -2.09. The van der Waals surface area contributed by atoms with Crippen molar-refractivity contribution in [1.29, 1.82) is 0 Å². The highest BCUT2D eigenvalue weighted by molar-refractivity contribution is 7.80. The first-order chi connectivity index (χ1) is 12.5. The maximum Gasteiger partial charge on any atom is 0.250 e. The zero-order valence-corrected chi connectivity index (χ0v) is 15.4. The molecule has 0 atom stereocenters. The van der Waals surface area contributed by atoms with Crippen molar-refractivity contribution < 1.29 is 14.3 Å². The van der Waals surface area contributed by atoms with Crippen LogP contribution >= 0.6 is 12.2 Å². The van der Waals surface area contributed by atoms with Gasteiger partial charge in [-0.3, -0.25) is 14.9 Å². The Morgan fingerprint density at radius 3 is 2.54 bits per heavy atom. The number of Topliss-reactive ketones (excluding diaryl/α,β-unsaturated/α-hetero) is 1. The van der Waals surface area contributed by atoms with Crippen LogP contribution in [0.4, 0.5) is 5.69 Å². The fourth-order valence-electron chi connectivity index (χ4n) is 2.15. The normalized spacial score (nSPS) is 10.4. The topological polar surface area (TPSA) is 67.4 Å². The maximum absolute atomic E-state index is 12.0. The van der Waals surface area contributed by atoms with E-state index >= 15 is 0 Å². The second-order valence-corrected chi connectivity index (χ2v) is 5.82. The zero-order valence-electron chi connectivity index (χ0n) is 14.6. The highest BCUT2D eigenvalue weighted by Gasteiger charge is 2.04. The first kappa shape index (κ1) is 19.3. The number of anilines is 1. The van der Waals surface area contributed by atoms with Crippen molar-refractivity contribution in [3.05, 3.63) is 65.7 Å². The van der Waals surface area contributed by atoms with Crippen LogP contribution in [0.1, 0.15) is 29.8 Å². The van der Waals surface area contributed by atoms with Gasteiger partial charge in [-0.15, -0.1) is 0 Å². The van der Waals surface area contributed by atoms with Crippen LogP contribution in [0.5, 0.6) is 5.75 Å². The van der Waals surface area contributed by atoms with Gasteiger partial charge in [0.05, 0.1) is 6.61 Å². The van der Waals surface area contributed by atoms with Gasteiger partial charge in [0.15, 0.2) is 10.9 Å². The molecule has 6 heteroatoms. The summed E-state index contributed by atoms with van der Waals surface area (Å²) in [5, 5.41) is 5.61. The second kappa shape index (κ2) is 9.48. The van der Waals surface area contributed by atoms with E-state index in [-0.39, 0.29) is 16.8 Å². The number of thiocarbonyl (C=S) groups is 1. The van der Waals surface area contributed by atoms with Crippen molar-refractivity contribution in [3.63, 3.8) is 0 Å². The van der Waals surface area contributed by atoms with Crippen molar-refractivity contribution in [3.8, 4) is 5.75 Å². The summed E-state index contributed by atoms with van der Waals surface area (Å²) in [7, 11) is 0. The van der Waals surface area contributed by atoms with Crippen LogP contribution in [0.2, 0.25) is 0 Å². The Hall–Kier alpha value is -2.99. The lowest BCUT2D eigenvalue weighted by Crippen LogP contribution is -2.32. The molecule has 0 aliphatic carbocycles. The number of hydrogen-bond donors (Lipinski definition) is 2.